The number of carbonyl (C=O) groups excluding carboxylic acids is 1. The molecule has 1 atom stereocenters. The molecule has 0 fully saturated rings. The highest BCUT2D eigenvalue weighted by Crippen LogP contribution is 2.22. The second-order valence-corrected chi connectivity index (χ2v) is 4.10. The Kier molecular flexibility index (Phi) is 3.79. The molecular weight excluding hydrogens is 216 g/mol. The van der Waals surface area contributed by atoms with E-state index in [1.54, 1.807) is 0 Å². The first-order valence-corrected chi connectivity index (χ1v) is 5.46. The van der Waals surface area contributed by atoms with Crippen LogP contribution in [-0.2, 0) is 0 Å². The average molecular weight is 228 g/mol. The van der Waals surface area contributed by atoms with Crippen molar-refractivity contribution in [2.24, 2.45) is 0 Å². The van der Waals surface area contributed by atoms with Crippen LogP contribution >= 0.6 is 11.3 Å². The van der Waals surface area contributed by atoms with E-state index in [1.165, 1.54) is 11.4 Å². The predicted molar refractivity (Wildman–Crippen MR) is 58.2 cm³/mol. The first-order chi connectivity index (χ1) is 7.04. The minimum Gasteiger partial charge on any atom is -0.350 e. The number of amides is 1. The Morgan fingerprint density at radius 3 is 2.87 bits per heavy atom. The quantitative estimate of drug-likeness (QED) is 0.634. The average Bonchev–Trinajstić information content (AvgIpc) is 2.66. The molecule has 1 N–H and O–H groups in total. The van der Waals surface area contributed by atoms with Crippen molar-refractivity contribution in [3.8, 4) is 0 Å². The number of carbonyl (C=O) groups is 1. The van der Waals surface area contributed by atoms with E-state index in [2.05, 4.69) is 5.32 Å². The molecule has 0 spiro atoms. The molecule has 0 unspecified atom stereocenters. The van der Waals surface area contributed by atoms with Gasteiger partial charge in [-0.1, -0.05) is 18.3 Å². The zero-order chi connectivity index (χ0) is 11.4. The van der Waals surface area contributed by atoms with Crippen LogP contribution in [0.2, 0.25) is 0 Å². The van der Waals surface area contributed by atoms with E-state index in [0.29, 0.717) is 5.56 Å². The van der Waals surface area contributed by atoms with Crippen molar-refractivity contribution in [2.75, 3.05) is 0 Å². The van der Waals surface area contributed by atoms with Crippen LogP contribution in [0.25, 0.3) is 0 Å². The molecule has 82 valence electrons. The summed E-state index contributed by atoms with van der Waals surface area (Å²) in [6.07, 6.45) is 0.831. The van der Waals surface area contributed by atoms with E-state index in [-0.39, 0.29) is 17.0 Å². The summed E-state index contributed by atoms with van der Waals surface area (Å²) < 4.78 is 0. The van der Waals surface area contributed by atoms with Gasteiger partial charge in [0.05, 0.1) is 10.5 Å². The molecule has 6 heteroatoms. The summed E-state index contributed by atoms with van der Waals surface area (Å²) in [6.45, 7) is 3.85. The highest BCUT2D eigenvalue weighted by molar-refractivity contribution is 7.13. The Bertz CT molecular complexity index is 375. The minimum absolute atomic E-state index is 0.00991. The van der Waals surface area contributed by atoms with Crippen LogP contribution < -0.4 is 5.32 Å². The van der Waals surface area contributed by atoms with E-state index < -0.39 is 4.92 Å². The SMILES string of the molecule is CC[C@H](C)NC(=O)c1csc([N+](=O)[O-])c1. The van der Waals surface area contributed by atoms with Gasteiger partial charge in [0.2, 0.25) is 0 Å². The monoisotopic (exact) mass is 228 g/mol. The zero-order valence-electron chi connectivity index (χ0n) is 8.52. The summed E-state index contributed by atoms with van der Waals surface area (Å²) in [5.74, 6) is -0.256. The van der Waals surface area contributed by atoms with Crippen molar-refractivity contribution in [3.05, 3.63) is 27.1 Å². The molecule has 5 nitrogen and oxygen atoms in total. The number of rotatable bonds is 4. The Labute approximate surface area is 91.3 Å². The zero-order valence-corrected chi connectivity index (χ0v) is 9.34. The molecule has 1 rings (SSSR count). The largest absolute Gasteiger partial charge is 0.350 e. The fourth-order valence-corrected chi connectivity index (χ4v) is 1.65. The molecule has 0 bridgehead atoms. The Hall–Kier alpha value is -1.43. The molecule has 0 aromatic carbocycles. The highest BCUT2D eigenvalue weighted by atomic mass is 32.1. The van der Waals surface area contributed by atoms with Crippen molar-refractivity contribution in [1.82, 2.24) is 5.32 Å². The Morgan fingerprint density at radius 2 is 2.40 bits per heavy atom. The van der Waals surface area contributed by atoms with E-state index in [1.807, 2.05) is 13.8 Å². The smallest absolute Gasteiger partial charge is 0.324 e. The molecule has 0 saturated heterocycles. The molecule has 1 aromatic rings. The molecule has 0 radical (unpaired) electrons. The van der Waals surface area contributed by atoms with Gasteiger partial charge in [0, 0.05) is 17.5 Å². The van der Waals surface area contributed by atoms with Gasteiger partial charge in [0.1, 0.15) is 0 Å². The molecule has 0 saturated carbocycles. The first-order valence-electron chi connectivity index (χ1n) is 4.58. The number of hydrogen-bond donors (Lipinski definition) is 1. The number of thiophene rings is 1. The van der Waals surface area contributed by atoms with E-state index in [0.717, 1.165) is 17.8 Å². The van der Waals surface area contributed by atoms with Gasteiger partial charge in [-0.15, -0.1) is 0 Å². The van der Waals surface area contributed by atoms with Gasteiger partial charge in [-0.3, -0.25) is 14.9 Å². The van der Waals surface area contributed by atoms with E-state index in [4.69, 9.17) is 0 Å². The van der Waals surface area contributed by atoms with Crippen molar-refractivity contribution in [2.45, 2.75) is 26.3 Å². The highest BCUT2D eigenvalue weighted by Gasteiger charge is 2.15. The lowest BCUT2D eigenvalue weighted by molar-refractivity contribution is -0.380. The number of nitro groups is 1. The lowest BCUT2D eigenvalue weighted by atomic mass is 10.2. The number of nitrogens with one attached hydrogen (secondary N) is 1. The molecular formula is C9H12N2O3S. The standard InChI is InChI=1S/C9H12N2O3S/c1-3-6(2)10-9(12)7-4-8(11(13)14)15-5-7/h4-6H,3H2,1-2H3,(H,10,12)/t6-/m0/s1. The molecule has 1 heterocycles. The van der Waals surface area contributed by atoms with Crippen LogP contribution in [0.15, 0.2) is 11.4 Å². The first kappa shape index (κ1) is 11.6. The molecule has 15 heavy (non-hydrogen) atoms. The van der Waals surface area contributed by atoms with Crippen molar-refractivity contribution < 1.29 is 9.72 Å². The third-order valence-corrected chi connectivity index (χ3v) is 2.90. The molecule has 1 aromatic heterocycles. The van der Waals surface area contributed by atoms with Gasteiger partial charge in [-0.05, 0) is 13.3 Å². The predicted octanol–water partition coefficient (Wildman–Crippen LogP) is 2.18. The fraction of sp³-hybridized carbons (Fsp3) is 0.444. The number of nitrogens with zero attached hydrogens (tertiary/aromatic N) is 1. The maximum atomic E-state index is 11.5. The third-order valence-electron chi connectivity index (χ3n) is 2.02. The molecule has 0 aliphatic heterocycles. The Morgan fingerprint density at radius 1 is 1.73 bits per heavy atom. The maximum absolute atomic E-state index is 11.5. The summed E-state index contributed by atoms with van der Waals surface area (Å²) in [4.78, 5) is 21.4. The summed E-state index contributed by atoms with van der Waals surface area (Å²) >= 11 is 0.961. The second-order valence-electron chi connectivity index (χ2n) is 3.21. The Balaban J connectivity index is 2.70. The summed E-state index contributed by atoms with van der Waals surface area (Å²) in [5.41, 5.74) is 0.354. The van der Waals surface area contributed by atoms with Crippen LogP contribution in [0.5, 0.6) is 0 Å². The van der Waals surface area contributed by atoms with E-state index >= 15 is 0 Å². The normalized spacial score (nSPS) is 12.1. The van der Waals surface area contributed by atoms with Gasteiger partial charge < -0.3 is 5.32 Å². The lowest BCUT2D eigenvalue weighted by Gasteiger charge is -2.09. The van der Waals surface area contributed by atoms with Crippen molar-refractivity contribution in [3.63, 3.8) is 0 Å². The molecule has 0 aliphatic rings. The van der Waals surface area contributed by atoms with Gasteiger partial charge in [-0.2, -0.15) is 0 Å². The maximum Gasteiger partial charge on any atom is 0.324 e. The second kappa shape index (κ2) is 4.88. The van der Waals surface area contributed by atoms with Crippen LogP contribution in [0, 0.1) is 10.1 Å². The van der Waals surface area contributed by atoms with Gasteiger partial charge in [0.15, 0.2) is 0 Å². The summed E-state index contributed by atoms with van der Waals surface area (Å²) in [5, 5.41) is 14.6. The number of hydrogen-bond acceptors (Lipinski definition) is 4. The topological polar surface area (TPSA) is 72.2 Å². The summed E-state index contributed by atoms with van der Waals surface area (Å²) in [7, 11) is 0. The van der Waals surface area contributed by atoms with Crippen molar-refractivity contribution in [1.29, 1.82) is 0 Å². The third kappa shape index (κ3) is 3.02. The van der Waals surface area contributed by atoms with Crippen LogP contribution in [0.1, 0.15) is 30.6 Å². The van der Waals surface area contributed by atoms with Gasteiger partial charge >= 0.3 is 5.00 Å². The minimum atomic E-state index is -0.495. The van der Waals surface area contributed by atoms with Gasteiger partial charge in [-0.25, -0.2) is 0 Å². The van der Waals surface area contributed by atoms with Crippen molar-refractivity contribution >= 4 is 22.2 Å². The fourth-order valence-electron chi connectivity index (χ4n) is 0.949. The molecule has 0 aliphatic carbocycles. The van der Waals surface area contributed by atoms with Crippen LogP contribution in [-0.4, -0.2) is 16.9 Å². The van der Waals surface area contributed by atoms with Gasteiger partial charge in [0.25, 0.3) is 5.91 Å². The molecule has 1 amide bonds. The van der Waals surface area contributed by atoms with Crippen LogP contribution in [0.4, 0.5) is 5.00 Å². The van der Waals surface area contributed by atoms with E-state index in [9.17, 15) is 14.9 Å². The lowest BCUT2D eigenvalue weighted by Crippen LogP contribution is -2.31. The summed E-state index contributed by atoms with van der Waals surface area (Å²) in [6, 6.07) is 1.37. The van der Waals surface area contributed by atoms with Crippen LogP contribution in [0.3, 0.4) is 0 Å².